The number of Topliss-reactive ketones (excluding diaryl/α,β-unsaturated/α-hetero) is 2. The highest BCUT2D eigenvalue weighted by Gasteiger charge is 2.35. The number of para-hydroxylation sites is 4. The first-order valence-corrected chi connectivity index (χ1v) is 15.3. The number of aromatic hydroxyl groups is 2. The molecule has 0 unspecified atom stereocenters. The van der Waals surface area contributed by atoms with Gasteiger partial charge in [-0.25, -0.2) is 4.39 Å². The zero-order chi connectivity index (χ0) is 35.6. The van der Waals surface area contributed by atoms with Crippen LogP contribution < -0.4 is 14.8 Å². The summed E-state index contributed by atoms with van der Waals surface area (Å²) in [6.45, 7) is 7.53. The molecule has 0 aliphatic rings. The molecule has 49 heavy (non-hydrogen) atoms. The van der Waals surface area contributed by atoms with Crippen molar-refractivity contribution in [2.24, 2.45) is 0 Å². The predicted molar refractivity (Wildman–Crippen MR) is 183 cm³/mol. The van der Waals surface area contributed by atoms with Crippen molar-refractivity contribution in [2.45, 2.75) is 34.6 Å². The first kappa shape index (κ1) is 34.3. The third-order valence-electron chi connectivity index (χ3n) is 8.10. The number of ketones is 4. The van der Waals surface area contributed by atoms with Crippen molar-refractivity contribution < 1.29 is 43.1 Å². The molecule has 246 valence electrons. The van der Waals surface area contributed by atoms with Crippen LogP contribution >= 0.6 is 0 Å². The van der Waals surface area contributed by atoms with Gasteiger partial charge in [0.05, 0.1) is 33.4 Å². The molecule has 0 bridgehead atoms. The Hall–Kier alpha value is -6.03. The topological polar surface area (TPSA) is 127 Å². The van der Waals surface area contributed by atoms with Gasteiger partial charge in [0.25, 0.3) is 0 Å². The van der Waals surface area contributed by atoms with Gasteiger partial charge in [-0.2, -0.15) is 0 Å². The molecule has 0 saturated heterocycles. The van der Waals surface area contributed by atoms with E-state index in [1.54, 1.807) is 51.1 Å². The number of hydrogen-bond donors (Lipinski definition) is 2. The quantitative estimate of drug-likeness (QED) is 0.116. The average Bonchev–Trinajstić information content (AvgIpc) is 3.06. The molecule has 0 fully saturated rings. The zero-order valence-corrected chi connectivity index (χ0v) is 27.5. The molecule has 0 spiro atoms. The number of benzene rings is 5. The molecule has 2 N–H and O–H groups in total. The van der Waals surface area contributed by atoms with E-state index in [1.807, 2.05) is 0 Å². The molecular weight excluding hydrogens is 626 g/mol. The average molecular weight is 658 g/mol. The summed E-state index contributed by atoms with van der Waals surface area (Å²) < 4.78 is 28.4. The van der Waals surface area contributed by atoms with Gasteiger partial charge in [0.15, 0.2) is 23.1 Å². The third-order valence-corrected chi connectivity index (χ3v) is 8.10. The molecule has 5 aromatic carbocycles. The number of hydrogen-bond acceptors (Lipinski definition) is 8. The molecule has 10 heteroatoms. The molecule has 5 aromatic rings. The molecule has 0 aliphatic carbocycles. The number of halogens is 1. The van der Waals surface area contributed by atoms with Gasteiger partial charge in [-0.15, -0.1) is 0 Å². The molecule has 0 atom stereocenters. The largest absolute Gasteiger partial charge is 0.635 e. The monoisotopic (exact) mass is 658 g/mol. The van der Waals surface area contributed by atoms with Crippen LogP contribution in [0.25, 0.3) is 0 Å². The molecule has 0 amide bonds. The van der Waals surface area contributed by atoms with Crippen molar-refractivity contribution in [2.75, 3.05) is 0 Å². The molecule has 0 heterocycles. The fraction of sp³-hybridized carbons (Fsp3) is 0.128. The van der Waals surface area contributed by atoms with Crippen LogP contribution in [-0.2, 0) is 0 Å². The van der Waals surface area contributed by atoms with Gasteiger partial charge in [-0.3, -0.25) is 19.2 Å². The molecule has 0 saturated carbocycles. The van der Waals surface area contributed by atoms with E-state index in [0.29, 0.717) is 16.7 Å². The van der Waals surface area contributed by atoms with E-state index in [1.165, 1.54) is 74.5 Å². The SMILES string of the molecule is CC(=O)c1cccc(C(=O)c2cccc(C)c2OB(Oc2c(C(C)=O)cccc2C(=O)c2cccc(C)c2O)c2ccc(C)cc2F)c1O. The van der Waals surface area contributed by atoms with E-state index < -0.39 is 41.8 Å². The summed E-state index contributed by atoms with van der Waals surface area (Å²) in [5.74, 6) is -3.96. The maximum absolute atomic E-state index is 15.7. The van der Waals surface area contributed by atoms with Gasteiger partial charge in [-0.05, 0) is 93.8 Å². The summed E-state index contributed by atoms with van der Waals surface area (Å²) in [4.78, 5) is 52.8. The zero-order valence-electron chi connectivity index (χ0n) is 27.5. The van der Waals surface area contributed by atoms with Gasteiger partial charge < -0.3 is 19.5 Å². The molecule has 5 rings (SSSR count). The lowest BCUT2D eigenvalue weighted by Gasteiger charge is -2.23. The fourth-order valence-corrected chi connectivity index (χ4v) is 5.44. The minimum atomic E-state index is -1.66. The number of phenolic OH excluding ortho intramolecular Hbond substituents is 2. The van der Waals surface area contributed by atoms with Crippen molar-refractivity contribution in [1.82, 2.24) is 0 Å². The Labute approximate surface area is 282 Å². The van der Waals surface area contributed by atoms with Crippen molar-refractivity contribution in [1.29, 1.82) is 0 Å². The standard InChI is InChI=1S/C39H32BFO8/c1-21-18-19-32(33(41)20-21)40(48-38-23(3)11-7-16-30(38)37(47)29-15-8-12-26(24(4)42)35(29)45)49-39-27(25(5)43)13-9-17-31(39)36(46)28-14-6-10-22(2)34(28)44/h6-20,44-45H,1-5H3. The van der Waals surface area contributed by atoms with Crippen molar-refractivity contribution in [3.63, 3.8) is 0 Å². The van der Waals surface area contributed by atoms with E-state index in [0.717, 1.165) is 0 Å². The van der Waals surface area contributed by atoms with Gasteiger partial charge in [0.2, 0.25) is 0 Å². The number of rotatable bonds is 11. The van der Waals surface area contributed by atoms with E-state index in [4.69, 9.17) is 9.31 Å². The van der Waals surface area contributed by atoms with E-state index in [-0.39, 0.29) is 56.1 Å². The lowest BCUT2D eigenvalue weighted by molar-refractivity contribution is 0.0999. The van der Waals surface area contributed by atoms with Crippen LogP contribution in [0.1, 0.15) is 83.1 Å². The number of carbonyl (C=O) groups excluding carboxylic acids is 4. The van der Waals surface area contributed by atoms with Gasteiger partial charge in [-0.1, -0.05) is 48.5 Å². The Kier molecular flexibility index (Phi) is 9.80. The third kappa shape index (κ3) is 6.85. The Bertz CT molecular complexity index is 2160. The molecule has 0 aliphatic heterocycles. The summed E-state index contributed by atoms with van der Waals surface area (Å²) in [5, 5.41) is 21.5. The minimum Gasteiger partial charge on any atom is -0.521 e. The summed E-state index contributed by atoms with van der Waals surface area (Å²) in [6, 6.07) is 22.3. The number of phenols is 2. The lowest BCUT2D eigenvalue weighted by atomic mass is 9.77. The van der Waals surface area contributed by atoms with Crippen molar-refractivity contribution in [3.05, 3.63) is 147 Å². The maximum Gasteiger partial charge on any atom is 0.635 e. The maximum atomic E-state index is 15.7. The normalized spacial score (nSPS) is 10.7. The summed E-state index contributed by atoms with van der Waals surface area (Å²) in [6.07, 6.45) is 0. The second-order valence-corrected chi connectivity index (χ2v) is 11.7. The Morgan fingerprint density at radius 3 is 1.63 bits per heavy atom. The first-order chi connectivity index (χ1) is 23.3. The van der Waals surface area contributed by atoms with Crippen molar-refractivity contribution in [3.8, 4) is 23.0 Å². The van der Waals surface area contributed by atoms with Crippen LogP contribution in [0, 0.1) is 26.6 Å². The smallest absolute Gasteiger partial charge is 0.521 e. The summed E-state index contributed by atoms with van der Waals surface area (Å²) in [7, 11) is -1.66. The van der Waals surface area contributed by atoms with Crippen LogP contribution in [0.3, 0.4) is 0 Å². The summed E-state index contributed by atoms with van der Waals surface area (Å²) in [5.41, 5.74) is 1.02. The number of aryl methyl sites for hydroxylation is 3. The van der Waals surface area contributed by atoms with Crippen LogP contribution in [0.15, 0.2) is 91.0 Å². The van der Waals surface area contributed by atoms with Crippen LogP contribution in [-0.4, -0.2) is 40.5 Å². The minimum absolute atomic E-state index is 0.00818. The second-order valence-electron chi connectivity index (χ2n) is 11.7. The van der Waals surface area contributed by atoms with E-state index in [9.17, 15) is 29.4 Å². The Morgan fingerprint density at radius 2 is 1.04 bits per heavy atom. The molecule has 0 aromatic heterocycles. The highest BCUT2D eigenvalue weighted by molar-refractivity contribution is 6.63. The van der Waals surface area contributed by atoms with Crippen LogP contribution in [0.5, 0.6) is 23.0 Å². The van der Waals surface area contributed by atoms with Gasteiger partial charge >= 0.3 is 7.12 Å². The second kappa shape index (κ2) is 14.0. The highest BCUT2D eigenvalue weighted by atomic mass is 19.1. The lowest BCUT2D eigenvalue weighted by Crippen LogP contribution is -2.45. The molecular formula is C39H32BFO8. The van der Waals surface area contributed by atoms with E-state index >= 15 is 4.39 Å². The molecule has 8 nitrogen and oxygen atoms in total. The van der Waals surface area contributed by atoms with Crippen LogP contribution in [0.4, 0.5) is 4.39 Å². The number of carbonyl (C=O) groups is 4. The van der Waals surface area contributed by atoms with Crippen molar-refractivity contribution >= 4 is 35.7 Å². The summed E-state index contributed by atoms with van der Waals surface area (Å²) >= 11 is 0. The Balaban J connectivity index is 1.68. The fourth-order valence-electron chi connectivity index (χ4n) is 5.44. The molecule has 0 radical (unpaired) electrons. The van der Waals surface area contributed by atoms with E-state index in [2.05, 4.69) is 0 Å². The predicted octanol–water partition coefficient (Wildman–Crippen LogP) is 6.88. The first-order valence-electron chi connectivity index (χ1n) is 15.3. The van der Waals surface area contributed by atoms with Gasteiger partial charge in [0.1, 0.15) is 28.8 Å². The van der Waals surface area contributed by atoms with Crippen LogP contribution in [0.2, 0.25) is 0 Å². The Morgan fingerprint density at radius 1 is 0.571 bits per heavy atom. The highest BCUT2D eigenvalue weighted by Crippen LogP contribution is 2.34. The van der Waals surface area contributed by atoms with Gasteiger partial charge in [0, 0.05) is 5.46 Å².